The standard InChI is InChI=1S/C21H18N2O7/c1-28-13-9-8-12-14(17(13)29-2)20(26)30-16(12)15-18(24)22-21(27)23(19(15)25)10-11-6-4-3-5-7-11/h3-9,16,25H,10H2,1-2H3,(H,22,24,27). The maximum Gasteiger partial charge on any atom is 0.343 e. The fourth-order valence-electron chi connectivity index (χ4n) is 3.54. The summed E-state index contributed by atoms with van der Waals surface area (Å²) in [6.45, 7) is 0.0226. The van der Waals surface area contributed by atoms with E-state index in [1.165, 1.54) is 14.2 Å². The first-order valence-corrected chi connectivity index (χ1v) is 9.02. The molecule has 2 N–H and O–H groups in total. The maximum absolute atomic E-state index is 12.6. The Hall–Kier alpha value is -4.01. The molecule has 0 fully saturated rings. The van der Waals surface area contributed by atoms with Crippen molar-refractivity contribution in [1.82, 2.24) is 9.55 Å². The summed E-state index contributed by atoms with van der Waals surface area (Å²) in [5, 5.41) is 10.8. The number of carbonyl (C=O) groups excluding carboxylic acids is 1. The fourth-order valence-corrected chi connectivity index (χ4v) is 3.54. The molecular weight excluding hydrogens is 392 g/mol. The summed E-state index contributed by atoms with van der Waals surface area (Å²) in [6.07, 6.45) is -1.21. The molecule has 0 saturated carbocycles. The second-order valence-corrected chi connectivity index (χ2v) is 6.62. The second-order valence-electron chi connectivity index (χ2n) is 6.62. The monoisotopic (exact) mass is 410 g/mol. The number of nitrogens with one attached hydrogen (secondary N) is 1. The topological polar surface area (TPSA) is 120 Å². The molecule has 0 aliphatic carbocycles. The van der Waals surface area contributed by atoms with Gasteiger partial charge in [-0.3, -0.25) is 14.3 Å². The third kappa shape index (κ3) is 3.00. The molecule has 1 atom stereocenters. The highest BCUT2D eigenvalue weighted by atomic mass is 16.6. The van der Waals surface area contributed by atoms with E-state index in [4.69, 9.17) is 14.2 Å². The predicted molar refractivity (Wildman–Crippen MR) is 105 cm³/mol. The van der Waals surface area contributed by atoms with Crippen molar-refractivity contribution in [2.45, 2.75) is 12.6 Å². The highest BCUT2D eigenvalue weighted by Gasteiger charge is 2.40. The number of fused-ring (bicyclic) bond motifs is 1. The van der Waals surface area contributed by atoms with Crippen molar-refractivity contribution < 1.29 is 24.1 Å². The minimum atomic E-state index is -1.21. The number of rotatable bonds is 5. The van der Waals surface area contributed by atoms with Gasteiger partial charge in [-0.25, -0.2) is 9.59 Å². The van der Waals surface area contributed by atoms with Crippen LogP contribution in [-0.2, 0) is 11.3 Å². The predicted octanol–water partition coefficient (Wildman–Crippen LogP) is 1.57. The average molecular weight is 410 g/mol. The lowest BCUT2D eigenvalue weighted by molar-refractivity contribution is 0.0446. The van der Waals surface area contributed by atoms with E-state index in [0.717, 1.165) is 10.1 Å². The molecule has 0 spiro atoms. The number of ether oxygens (including phenoxy) is 3. The van der Waals surface area contributed by atoms with Crippen molar-refractivity contribution in [3.05, 3.63) is 85.6 Å². The van der Waals surface area contributed by atoms with Gasteiger partial charge in [0.05, 0.1) is 20.8 Å². The molecule has 9 nitrogen and oxygen atoms in total. The summed E-state index contributed by atoms with van der Waals surface area (Å²) in [5.74, 6) is -0.824. The molecule has 0 amide bonds. The van der Waals surface area contributed by atoms with Crippen LogP contribution in [0.2, 0.25) is 0 Å². The van der Waals surface area contributed by atoms with E-state index >= 15 is 0 Å². The van der Waals surface area contributed by atoms with Gasteiger partial charge in [0.2, 0.25) is 5.88 Å². The van der Waals surface area contributed by atoms with Crippen LogP contribution in [0.5, 0.6) is 17.4 Å². The van der Waals surface area contributed by atoms with Crippen molar-refractivity contribution in [3.63, 3.8) is 0 Å². The zero-order valence-corrected chi connectivity index (χ0v) is 16.2. The summed E-state index contributed by atoms with van der Waals surface area (Å²) in [5.41, 5.74) is -0.706. The number of H-pyrrole nitrogens is 1. The second kappa shape index (κ2) is 7.43. The Balaban J connectivity index is 1.87. The average Bonchev–Trinajstić information content (AvgIpc) is 3.07. The Bertz CT molecular complexity index is 1240. The lowest BCUT2D eigenvalue weighted by atomic mass is 9.99. The molecule has 1 aromatic heterocycles. The van der Waals surface area contributed by atoms with Crippen molar-refractivity contribution >= 4 is 5.97 Å². The van der Waals surface area contributed by atoms with Crippen molar-refractivity contribution in [2.75, 3.05) is 14.2 Å². The number of aromatic amines is 1. The number of hydrogen-bond acceptors (Lipinski definition) is 7. The molecule has 0 saturated heterocycles. The van der Waals surface area contributed by atoms with E-state index in [1.807, 2.05) is 6.07 Å². The number of carbonyl (C=O) groups is 1. The van der Waals surface area contributed by atoms with Crippen LogP contribution in [0, 0.1) is 0 Å². The van der Waals surface area contributed by atoms with Crippen LogP contribution >= 0.6 is 0 Å². The quantitative estimate of drug-likeness (QED) is 0.613. The van der Waals surface area contributed by atoms with Gasteiger partial charge in [-0.1, -0.05) is 36.4 Å². The number of hydrogen-bond donors (Lipinski definition) is 2. The van der Waals surface area contributed by atoms with Gasteiger partial charge < -0.3 is 19.3 Å². The van der Waals surface area contributed by atoms with E-state index in [-0.39, 0.29) is 23.4 Å². The maximum atomic E-state index is 12.6. The lowest BCUT2D eigenvalue weighted by Crippen LogP contribution is -2.33. The Labute approximate surface area is 170 Å². The largest absolute Gasteiger partial charge is 0.494 e. The summed E-state index contributed by atoms with van der Waals surface area (Å²) in [4.78, 5) is 39.6. The number of benzene rings is 2. The highest BCUT2D eigenvalue weighted by Crippen LogP contribution is 2.44. The molecule has 30 heavy (non-hydrogen) atoms. The van der Waals surface area contributed by atoms with Gasteiger partial charge >= 0.3 is 11.7 Å². The van der Waals surface area contributed by atoms with Gasteiger partial charge in [0.25, 0.3) is 5.56 Å². The van der Waals surface area contributed by atoms with Crippen LogP contribution in [0.3, 0.4) is 0 Å². The summed E-state index contributed by atoms with van der Waals surface area (Å²) >= 11 is 0. The van der Waals surface area contributed by atoms with Gasteiger partial charge in [0.15, 0.2) is 17.6 Å². The smallest absolute Gasteiger partial charge is 0.343 e. The molecule has 4 rings (SSSR count). The third-order valence-corrected chi connectivity index (χ3v) is 4.94. The van der Waals surface area contributed by atoms with Gasteiger partial charge in [-0.15, -0.1) is 0 Å². The number of esters is 1. The molecule has 2 heterocycles. The van der Waals surface area contributed by atoms with Gasteiger partial charge in [-0.05, 0) is 11.6 Å². The molecular formula is C21H18N2O7. The Kier molecular flexibility index (Phi) is 4.78. The number of aromatic hydroxyl groups is 1. The zero-order chi connectivity index (χ0) is 21.4. The van der Waals surface area contributed by atoms with Crippen LogP contribution in [0.4, 0.5) is 0 Å². The van der Waals surface area contributed by atoms with Crippen LogP contribution in [-0.4, -0.2) is 34.8 Å². The highest BCUT2D eigenvalue weighted by molar-refractivity contribution is 5.98. The van der Waals surface area contributed by atoms with E-state index in [0.29, 0.717) is 11.3 Å². The van der Waals surface area contributed by atoms with E-state index in [2.05, 4.69) is 4.98 Å². The van der Waals surface area contributed by atoms with Crippen LogP contribution in [0.1, 0.15) is 33.2 Å². The normalized spacial score (nSPS) is 14.9. The van der Waals surface area contributed by atoms with Gasteiger partial charge in [-0.2, -0.15) is 0 Å². The zero-order valence-electron chi connectivity index (χ0n) is 16.2. The molecule has 154 valence electrons. The third-order valence-electron chi connectivity index (χ3n) is 4.94. The molecule has 1 aliphatic heterocycles. The van der Waals surface area contributed by atoms with Crippen molar-refractivity contribution in [1.29, 1.82) is 0 Å². The number of nitrogens with zero attached hydrogens (tertiary/aromatic N) is 1. The lowest BCUT2D eigenvalue weighted by Gasteiger charge is -2.16. The first kappa shape index (κ1) is 19.3. The fraction of sp³-hybridized carbons (Fsp3) is 0.190. The number of aromatic nitrogens is 2. The summed E-state index contributed by atoms with van der Waals surface area (Å²) in [6, 6.07) is 12.1. The Morgan fingerprint density at radius 2 is 1.80 bits per heavy atom. The van der Waals surface area contributed by atoms with E-state index in [9.17, 15) is 19.5 Å². The molecule has 9 heteroatoms. The van der Waals surface area contributed by atoms with E-state index < -0.39 is 29.2 Å². The number of methoxy groups -OCH3 is 2. The van der Waals surface area contributed by atoms with Crippen molar-refractivity contribution in [3.8, 4) is 17.4 Å². The minimum absolute atomic E-state index is 0.0226. The summed E-state index contributed by atoms with van der Waals surface area (Å²) < 4.78 is 16.9. The molecule has 1 unspecified atom stereocenters. The Morgan fingerprint density at radius 1 is 1.07 bits per heavy atom. The SMILES string of the molecule is COc1ccc2c(c1OC)C(=O)OC2c1c(O)n(Cc2ccccc2)c(=O)[nH]c1=O. The molecule has 0 radical (unpaired) electrons. The van der Waals surface area contributed by atoms with E-state index in [1.54, 1.807) is 36.4 Å². The number of cyclic esters (lactones) is 1. The summed E-state index contributed by atoms with van der Waals surface area (Å²) in [7, 11) is 2.81. The first-order chi connectivity index (χ1) is 14.5. The van der Waals surface area contributed by atoms with Crippen LogP contribution in [0.25, 0.3) is 0 Å². The van der Waals surface area contributed by atoms with Crippen molar-refractivity contribution in [2.24, 2.45) is 0 Å². The van der Waals surface area contributed by atoms with Crippen LogP contribution < -0.4 is 20.7 Å². The van der Waals surface area contributed by atoms with Gasteiger partial charge in [0, 0.05) is 5.56 Å². The van der Waals surface area contributed by atoms with Gasteiger partial charge in [0.1, 0.15) is 11.1 Å². The van der Waals surface area contributed by atoms with Crippen LogP contribution in [0.15, 0.2) is 52.1 Å². The first-order valence-electron chi connectivity index (χ1n) is 9.02. The molecule has 2 aromatic carbocycles. The Morgan fingerprint density at radius 3 is 2.47 bits per heavy atom. The molecule has 3 aromatic rings. The molecule has 1 aliphatic rings. The molecule has 0 bridgehead atoms. The minimum Gasteiger partial charge on any atom is -0.494 e.